The predicted molar refractivity (Wildman–Crippen MR) is 67.5 cm³/mol. The van der Waals surface area contributed by atoms with Crippen molar-refractivity contribution >= 4 is 23.2 Å². The van der Waals surface area contributed by atoms with E-state index in [9.17, 15) is 0 Å². The van der Waals surface area contributed by atoms with E-state index in [2.05, 4.69) is 12.2 Å². The highest BCUT2D eigenvalue weighted by molar-refractivity contribution is 6.35. The summed E-state index contributed by atoms with van der Waals surface area (Å²) >= 11 is 12.1. The van der Waals surface area contributed by atoms with Crippen LogP contribution in [0.1, 0.15) is 24.9 Å². The van der Waals surface area contributed by atoms with Crippen LogP contribution in [0.5, 0.6) is 5.75 Å². The van der Waals surface area contributed by atoms with Gasteiger partial charge in [0.15, 0.2) is 0 Å². The molecule has 0 saturated carbocycles. The van der Waals surface area contributed by atoms with Crippen LogP contribution in [0.4, 0.5) is 0 Å². The summed E-state index contributed by atoms with van der Waals surface area (Å²) in [6.07, 6.45) is 1.09. The zero-order chi connectivity index (χ0) is 11.7. The molecule has 2 nitrogen and oxygen atoms in total. The SMILES string of the molecule is COc1c(Cl)cc(Cl)cc1C1CC(C)CN1. The van der Waals surface area contributed by atoms with Gasteiger partial charge < -0.3 is 10.1 Å². The van der Waals surface area contributed by atoms with Gasteiger partial charge in [-0.3, -0.25) is 0 Å². The summed E-state index contributed by atoms with van der Waals surface area (Å²) in [5.41, 5.74) is 1.06. The van der Waals surface area contributed by atoms with Crippen LogP contribution < -0.4 is 10.1 Å². The minimum Gasteiger partial charge on any atom is -0.495 e. The number of halogens is 2. The molecule has 16 heavy (non-hydrogen) atoms. The van der Waals surface area contributed by atoms with E-state index < -0.39 is 0 Å². The zero-order valence-electron chi connectivity index (χ0n) is 9.39. The van der Waals surface area contributed by atoms with Crippen LogP contribution >= 0.6 is 23.2 Å². The predicted octanol–water partition coefficient (Wildman–Crippen LogP) is 3.67. The van der Waals surface area contributed by atoms with Crippen molar-refractivity contribution < 1.29 is 4.74 Å². The van der Waals surface area contributed by atoms with Crippen molar-refractivity contribution in [3.05, 3.63) is 27.7 Å². The summed E-state index contributed by atoms with van der Waals surface area (Å²) in [5.74, 6) is 1.41. The number of benzene rings is 1. The molecule has 1 N–H and O–H groups in total. The number of methoxy groups -OCH3 is 1. The molecule has 4 heteroatoms. The maximum Gasteiger partial charge on any atom is 0.142 e. The van der Waals surface area contributed by atoms with E-state index in [0.717, 1.165) is 24.3 Å². The molecule has 0 radical (unpaired) electrons. The quantitative estimate of drug-likeness (QED) is 0.875. The van der Waals surface area contributed by atoms with E-state index in [-0.39, 0.29) is 0 Å². The monoisotopic (exact) mass is 259 g/mol. The molecule has 0 aliphatic carbocycles. The topological polar surface area (TPSA) is 21.3 Å². The molecule has 0 amide bonds. The van der Waals surface area contributed by atoms with Crippen molar-refractivity contribution in [1.29, 1.82) is 0 Å². The normalized spacial score (nSPS) is 24.8. The first-order valence-corrected chi connectivity index (χ1v) is 6.13. The molecule has 2 atom stereocenters. The van der Waals surface area contributed by atoms with Crippen LogP contribution in [0.3, 0.4) is 0 Å². The molecule has 0 bridgehead atoms. The Bertz CT molecular complexity index is 395. The van der Waals surface area contributed by atoms with Gasteiger partial charge in [-0.1, -0.05) is 30.1 Å². The fourth-order valence-electron chi connectivity index (χ4n) is 2.20. The van der Waals surface area contributed by atoms with E-state index in [1.54, 1.807) is 13.2 Å². The molecule has 1 heterocycles. The molecule has 1 saturated heterocycles. The van der Waals surface area contributed by atoms with Crippen molar-refractivity contribution in [2.75, 3.05) is 13.7 Å². The van der Waals surface area contributed by atoms with Gasteiger partial charge in [0.2, 0.25) is 0 Å². The largest absolute Gasteiger partial charge is 0.495 e. The van der Waals surface area contributed by atoms with E-state index in [1.807, 2.05) is 6.07 Å². The minimum atomic E-state index is 0.293. The van der Waals surface area contributed by atoms with Crippen LogP contribution in [0, 0.1) is 5.92 Å². The van der Waals surface area contributed by atoms with Gasteiger partial charge in [-0.2, -0.15) is 0 Å². The van der Waals surface area contributed by atoms with Gasteiger partial charge in [-0.05, 0) is 31.0 Å². The molecule has 1 aromatic carbocycles. The van der Waals surface area contributed by atoms with E-state index in [0.29, 0.717) is 22.0 Å². The highest BCUT2D eigenvalue weighted by Crippen LogP contribution is 2.39. The number of ether oxygens (including phenoxy) is 1. The van der Waals surface area contributed by atoms with E-state index >= 15 is 0 Å². The summed E-state index contributed by atoms with van der Waals surface area (Å²) < 4.78 is 5.35. The first-order chi connectivity index (χ1) is 7.61. The average molecular weight is 260 g/mol. The second-order valence-corrected chi connectivity index (χ2v) is 5.16. The highest BCUT2D eigenvalue weighted by atomic mass is 35.5. The van der Waals surface area contributed by atoms with Gasteiger partial charge in [0.1, 0.15) is 5.75 Å². The number of nitrogens with one attached hydrogen (secondary N) is 1. The molecule has 0 aromatic heterocycles. The maximum atomic E-state index is 6.11. The average Bonchev–Trinajstić information content (AvgIpc) is 2.63. The summed E-state index contributed by atoms with van der Waals surface area (Å²) in [4.78, 5) is 0. The number of rotatable bonds is 2. The van der Waals surface area contributed by atoms with Crippen molar-refractivity contribution in [3.63, 3.8) is 0 Å². The summed E-state index contributed by atoms with van der Waals surface area (Å²) in [6, 6.07) is 3.94. The smallest absolute Gasteiger partial charge is 0.142 e. The lowest BCUT2D eigenvalue weighted by molar-refractivity contribution is 0.403. The van der Waals surface area contributed by atoms with Gasteiger partial charge in [-0.15, -0.1) is 0 Å². The Hall–Kier alpha value is -0.440. The Morgan fingerprint density at radius 2 is 2.12 bits per heavy atom. The molecule has 2 rings (SSSR count). The van der Waals surface area contributed by atoms with Gasteiger partial charge >= 0.3 is 0 Å². The molecular formula is C12H15Cl2NO. The molecule has 0 spiro atoms. The first-order valence-electron chi connectivity index (χ1n) is 5.38. The second-order valence-electron chi connectivity index (χ2n) is 4.31. The maximum absolute atomic E-state index is 6.11. The van der Waals surface area contributed by atoms with E-state index in [1.165, 1.54) is 0 Å². The van der Waals surface area contributed by atoms with Gasteiger partial charge in [0.25, 0.3) is 0 Å². The fraction of sp³-hybridized carbons (Fsp3) is 0.500. The van der Waals surface area contributed by atoms with E-state index in [4.69, 9.17) is 27.9 Å². The fourth-order valence-corrected chi connectivity index (χ4v) is 2.79. The first kappa shape index (κ1) is 12.0. The van der Waals surface area contributed by atoms with Crippen molar-refractivity contribution in [2.24, 2.45) is 5.92 Å². The Balaban J connectivity index is 2.38. The molecule has 1 aliphatic rings. The van der Waals surface area contributed by atoms with Gasteiger partial charge in [0, 0.05) is 16.6 Å². The Labute approximate surface area is 106 Å². The van der Waals surface area contributed by atoms with Crippen LogP contribution in [0.15, 0.2) is 12.1 Å². The van der Waals surface area contributed by atoms with Crippen molar-refractivity contribution in [3.8, 4) is 5.75 Å². The van der Waals surface area contributed by atoms with Crippen LogP contribution in [0.2, 0.25) is 10.0 Å². The molecule has 88 valence electrons. The number of hydrogen-bond acceptors (Lipinski definition) is 2. The Morgan fingerprint density at radius 1 is 1.38 bits per heavy atom. The minimum absolute atomic E-state index is 0.293. The van der Waals surface area contributed by atoms with Crippen molar-refractivity contribution in [1.82, 2.24) is 5.32 Å². The molecule has 1 aliphatic heterocycles. The summed E-state index contributed by atoms with van der Waals surface area (Å²) in [7, 11) is 1.64. The third-order valence-electron chi connectivity index (χ3n) is 2.97. The lowest BCUT2D eigenvalue weighted by Crippen LogP contribution is -2.14. The van der Waals surface area contributed by atoms with Crippen LogP contribution in [0.25, 0.3) is 0 Å². The summed E-state index contributed by atoms with van der Waals surface area (Å²) in [6.45, 7) is 3.25. The highest BCUT2D eigenvalue weighted by Gasteiger charge is 2.26. The lowest BCUT2D eigenvalue weighted by Gasteiger charge is -2.16. The molecular weight excluding hydrogens is 245 g/mol. The molecule has 1 aromatic rings. The Morgan fingerprint density at radius 3 is 2.69 bits per heavy atom. The Kier molecular flexibility index (Phi) is 3.63. The third kappa shape index (κ3) is 2.29. The zero-order valence-corrected chi connectivity index (χ0v) is 10.9. The van der Waals surface area contributed by atoms with Crippen LogP contribution in [-0.4, -0.2) is 13.7 Å². The standard InChI is InChI=1S/C12H15Cl2NO/c1-7-3-11(15-6-7)9-4-8(13)5-10(14)12(9)16-2/h4-5,7,11,15H,3,6H2,1-2H3. The summed E-state index contributed by atoms with van der Waals surface area (Å²) in [5, 5.41) is 4.68. The lowest BCUT2D eigenvalue weighted by atomic mass is 10.0. The second kappa shape index (κ2) is 4.82. The molecule has 2 unspecified atom stereocenters. The van der Waals surface area contributed by atoms with Gasteiger partial charge in [0.05, 0.1) is 12.1 Å². The number of hydrogen-bond donors (Lipinski definition) is 1. The van der Waals surface area contributed by atoms with Crippen LogP contribution in [-0.2, 0) is 0 Å². The van der Waals surface area contributed by atoms with Crippen molar-refractivity contribution in [2.45, 2.75) is 19.4 Å². The molecule has 1 fully saturated rings. The third-order valence-corrected chi connectivity index (χ3v) is 3.47. The van der Waals surface area contributed by atoms with Gasteiger partial charge in [-0.25, -0.2) is 0 Å².